The van der Waals surface area contributed by atoms with Gasteiger partial charge in [-0.05, 0) is 6.42 Å². The molecule has 0 aromatic heterocycles. The van der Waals surface area contributed by atoms with Crippen LogP contribution in [0.4, 0.5) is 0 Å². The van der Waals surface area contributed by atoms with Crippen LogP contribution in [0, 0.1) is 0 Å². The molecule has 0 heterocycles. The number of unbranched alkanes of at least 4 members (excludes halogenated alkanes) is 8. The maximum atomic E-state index is 11.8. The first-order valence-electron chi connectivity index (χ1n) is 8.14. The fraction of sp³-hybridized carbons (Fsp3) is 0.938. The number of amides is 1. The Hall–Kier alpha value is -0.610. The molecule has 120 valence electrons. The van der Waals surface area contributed by atoms with Crippen LogP contribution in [0.1, 0.15) is 71.1 Å². The van der Waals surface area contributed by atoms with Crippen LogP contribution in [-0.2, 0) is 4.79 Å². The Kier molecular flexibility index (Phi) is 13.0. The predicted octanol–water partition coefficient (Wildman–Crippen LogP) is 2.72. The summed E-state index contributed by atoms with van der Waals surface area (Å²) >= 11 is 0. The number of rotatable bonds is 13. The molecule has 4 nitrogen and oxygen atoms in total. The normalized spacial score (nSPS) is 11.1. The molecule has 0 saturated carbocycles. The van der Waals surface area contributed by atoms with Gasteiger partial charge in [0.2, 0.25) is 5.91 Å². The largest absolute Gasteiger partial charge is 0.394 e. The third-order valence-electron chi connectivity index (χ3n) is 3.86. The van der Waals surface area contributed by atoms with Crippen LogP contribution in [0.15, 0.2) is 0 Å². The molecule has 0 aliphatic heterocycles. The number of nitrogens with zero attached hydrogens (tertiary/aromatic N) is 1. The quantitative estimate of drug-likeness (QED) is 0.512. The minimum Gasteiger partial charge on any atom is -0.394 e. The number of hydrogen-bond donors (Lipinski definition) is 2. The minimum atomic E-state index is -0.457. The van der Waals surface area contributed by atoms with Crippen molar-refractivity contribution in [2.75, 3.05) is 20.3 Å². The lowest BCUT2D eigenvalue weighted by Crippen LogP contribution is -2.41. The molecular formula is C16H33NO3. The van der Waals surface area contributed by atoms with Crippen molar-refractivity contribution in [3.8, 4) is 0 Å². The molecule has 1 amide bonds. The highest BCUT2D eigenvalue weighted by Crippen LogP contribution is 2.11. The Bertz CT molecular complexity index is 230. The van der Waals surface area contributed by atoms with Crippen molar-refractivity contribution in [2.24, 2.45) is 0 Å². The molecule has 20 heavy (non-hydrogen) atoms. The van der Waals surface area contributed by atoms with Crippen LogP contribution < -0.4 is 0 Å². The molecule has 4 heteroatoms. The summed E-state index contributed by atoms with van der Waals surface area (Å²) in [7, 11) is 1.65. The zero-order valence-corrected chi connectivity index (χ0v) is 13.3. The highest BCUT2D eigenvalue weighted by Gasteiger charge is 2.17. The van der Waals surface area contributed by atoms with Gasteiger partial charge in [0.1, 0.15) is 0 Å². The molecule has 0 fully saturated rings. The Labute approximate surface area is 124 Å². The molecule has 0 unspecified atom stereocenters. The van der Waals surface area contributed by atoms with Crippen molar-refractivity contribution < 1.29 is 15.0 Å². The van der Waals surface area contributed by atoms with Gasteiger partial charge in [-0.3, -0.25) is 4.79 Å². The second-order valence-electron chi connectivity index (χ2n) is 5.60. The van der Waals surface area contributed by atoms with Gasteiger partial charge in [0.25, 0.3) is 0 Å². The Morgan fingerprint density at radius 2 is 1.35 bits per heavy atom. The molecular weight excluding hydrogens is 254 g/mol. The van der Waals surface area contributed by atoms with E-state index in [0.717, 1.165) is 12.8 Å². The Balaban J connectivity index is 3.48. The van der Waals surface area contributed by atoms with Crippen molar-refractivity contribution in [1.82, 2.24) is 4.90 Å². The first-order valence-corrected chi connectivity index (χ1v) is 8.14. The molecule has 0 aromatic carbocycles. The van der Waals surface area contributed by atoms with E-state index >= 15 is 0 Å². The smallest absolute Gasteiger partial charge is 0.222 e. The van der Waals surface area contributed by atoms with Crippen molar-refractivity contribution in [3.05, 3.63) is 0 Å². The summed E-state index contributed by atoms with van der Waals surface area (Å²) in [4.78, 5) is 13.3. The number of aliphatic hydroxyl groups is 2. The summed E-state index contributed by atoms with van der Waals surface area (Å²) in [6.45, 7) is 1.86. The number of carbonyl (C=O) groups excluding carboxylic acids is 1. The van der Waals surface area contributed by atoms with Gasteiger partial charge >= 0.3 is 0 Å². The molecule has 0 atom stereocenters. The van der Waals surface area contributed by atoms with Crippen LogP contribution in [0.2, 0.25) is 0 Å². The maximum absolute atomic E-state index is 11.8. The lowest BCUT2D eigenvalue weighted by molar-refractivity contribution is -0.133. The fourth-order valence-electron chi connectivity index (χ4n) is 2.27. The number of aliphatic hydroxyl groups excluding tert-OH is 2. The van der Waals surface area contributed by atoms with E-state index in [-0.39, 0.29) is 19.1 Å². The third kappa shape index (κ3) is 9.32. The second-order valence-corrected chi connectivity index (χ2v) is 5.60. The molecule has 0 aliphatic rings. The summed E-state index contributed by atoms with van der Waals surface area (Å²) in [6.07, 6.45) is 11.6. The van der Waals surface area contributed by atoms with Crippen molar-refractivity contribution in [2.45, 2.75) is 77.2 Å². The minimum absolute atomic E-state index is 0.0149. The molecule has 0 spiro atoms. The summed E-state index contributed by atoms with van der Waals surface area (Å²) in [6, 6.07) is -0.457. The summed E-state index contributed by atoms with van der Waals surface area (Å²) in [5, 5.41) is 18.0. The average molecular weight is 287 g/mol. The highest BCUT2D eigenvalue weighted by atomic mass is 16.3. The van der Waals surface area contributed by atoms with E-state index in [4.69, 9.17) is 10.2 Å². The van der Waals surface area contributed by atoms with Crippen LogP contribution in [0.3, 0.4) is 0 Å². The molecule has 0 radical (unpaired) electrons. The Morgan fingerprint density at radius 3 is 1.80 bits per heavy atom. The molecule has 2 N–H and O–H groups in total. The van der Waals surface area contributed by atoms with Gasteiger partial charge in [0, 0.05) is 13.5 Å². The third-order valence-corrected chi connectivity index (χ3v) is 3.86. The number of likely N-dealkylation sites (N-methyl/N-ethyl adjacent to an activating group) is 1. The maximum Gasteiger partial charge on any atom is 0.222 e. The van der Waals surface area contributed by atoms with Crippen LogP contribution in [0.5, 0.6) is 0 Å². The number of carbonyl (C=O) groups is 1. The molecule has 0 aromatic rings. The second kappa shape index (κ2) is 13.4. The van der Waals surface area contributed by atoms with Gasteiger partial charge in [-0.15, -0.1) is 0 Å². The van der Waals surface area contributed by atoms with Crippen LogP contribution in [-0.4, -0.2) is 47.3 Å². The van der Waals surface area contributed by atoms with Gasteiger partial charge in [-0.25, -0.2) is 0 Å². The molecule has 0 rings (SSSR count). The summed E-state index contributed by atoms with van der Waals surface area (Å²) in [5.41, 5.74) is 0. The fourth-order valence-corrected chi connectivity index (χ4v) is 2.27. The van der Waals surface area contributed by atoms with E-state index in [9.17, 15) is 4.79 Å². The van der Waals surface area contributed by atoms with Crippen molar-refractivity contribution in [3.63, 3.8) is 0 Å². The van der Waals surface area contributed by atoms with E-state index < -0.39 is 6.04 Å². The zero-order valence-electron chi connectivity index (χ0n) is 13.3. The lowest BCUT2D eigenvalue weighted by atomic mass is 10.1. The van der Waals surface area contributed by atoms with Gasteiger partial charge in [-0.2, -0.15) is 0 Å². The van der Waals surface area contributed by atoms with Gasteiger partial charge < -0.3 is 15.1 Å². The standard InChI is InChI=1S/C16H33NO3/c1-3-4-5-6-7-8-9-10-11-12-16(20)17(2)15(13-18)14-19/h15,18-19H,3-14H2,1-2H3. The molecule has 0 aliphatic carbocycles. The topological polar surface area (TPSA) is 60.8 Å². The van der Waals surface area contributed by atoms with E-state index in [1.165, 1.54) is 49.8 Å². The van der Waals surface area contributed by atoms with Gasteiger partial charge in [-0.1, -0.05) is 58.3 Å². The Morgan fingerprint density at radius 1 is 0.900 bits per heavy atom. The van der Waals surface area contributed by atoms with E-state index in [1.54, 1.807) is 7.05 Å². The summed E-state index contributed by atoms with van der Waals surface area (Å²) in [5.74, 6) is 0.0149. The van der Waals surface area contributed by atoms with E-state index in [1.807, 2.05) is 0 Å². The van der Waals surface area contributed by atoms with Crippen molar-refractivity contribution in [1.29, 1.82) is 0 Å². The van der Waals surface area contributed by atoms with E-state index in [2.05, 4.69) is 6.92 Å². The van der Waals surface area contributed by atoms with Gasteiger partial charge in [0.15, 0.2) is 0 Å². The predicted molar refractivity (Wildman–Crippen MR) is 82.6 cm³/mol. The summed E-state index contributed by atoms with van der Waals surface area (Å²) < 4.78 is 0. The van der Waals surface area contributed by atoms with E-state index in [0.29, 0.717) is 6.42 Å². The first-order chi connectivity index (χ1) is 9.67. The highest BCUT2D eigenvalue weighted by molar-refractivity contribution is 5.76. The SMILES string of the molecule is CCCCCCCCCCCC(=O)N(C)C(CO)CO. The van der Waals surface area contributed by atoms with Crippen LogP contribution in [0.25, 0.3) is 0 Å². The molecule has 0 bridgehead atoms. The van der Waals surface area contributed by atoms with Crippen LogP contribution >= 0.6 is 0 Å². The zero-order chi connectivity index (χ0) is 15.2. The average Bonchev–Trinajstić information content (AvgIpc) is 2.46. The number of hydrogen-bond acceptors (Lipinski definition) is 3. The van der Waals surface area contributed by atoms with Crippen molar-refractivity contribution >= 4 is 5.91 Å². The lowest BCUT2D eigenvalue weighted by Gasteiger charge is -2.24. The monoisotopic (exact) mass is 287 g/mol. The molecule has 0 saturated heterocycles. The first kappa shape index (κ1) is 19.4. The van der Waals surface area contributed by atoms with Gasteiger partial charge in [0.05, 0.1) is 19.3 Å².